The number of rotatable bonds is 4. The maximum Gasteiger partial charge on any atom is 0.235 e. The van der Waals surface area contributed by atoms with E-state index in [1.165, 1.54) is 18.4 Å². The minimum Gasteiger partial charge on any atom is -0.290 e. The van der Waals surface area contributed by atoms with Gasteiger partial charge in [0.1, 0.15) is 0 Å². The molecule has 0 aromatic rings. The molecule has 0 heterocycles. The summed E-state index contributed by atoms with van der Waals surface area (Å²) in [5.74, 6) is 0.765. The molecule has 0 saturated heterocycles. The van der Waals surface area contributed by atoms with Crippen molar-refractivity contribution < 1.29 is 8.42 Å². The first-order valence-electron chi connectivity index (χ1n) is 5.81. The van der Waals surface area contributed by atoms with E-state index in [4.69, 9.17) is 0 Å². The highest BCUT2D eigenvalue weighted by Crippen LogP contribution is 2.32. The van der Waals surface area contributed by atoms with E-state index in [0.29, 0.717) is 0 Å². The van der Waals surface area contributed by atoms with Crippen LogP contribution in [-0.4, -0.2) is 13.7 Å². The van der Waals surface area contributed by atoms with E-state index in [2.05, 4.69) is 11.6 Å². The van der Waals surface area contributed by atoms with Crippen LogP contribution in [0.2, 0.25) is 0 Å². The average molecular weight is 229 g/mol. The lowest BCUT2D eigenvalue weighted by Crippen LogP contribution is -2.22. The lowest BCUT2D eigenvalue weighted by atomic mass is 10.1. The quantitative estimate of drug-likeness (QED) is 0.803. The summed E-state index contributed by atoms with van der Waals surface area (Å²) in [6.45, 7) is 2.20. The van der Waals surface area contributed by atoms with E-state index < -0.39 is 10.0 Å². The van der Waals surface area contributed by atoms with Gasteiger partial charge in [-0.25, -0.2) is 8.42 Å². The van der Waals surface area contributed by atoms with Crippen molar-refractivity contribution in [3.8, 4) is 0 Å². The zero-order chi connectivity index (χ0) is 10.9. The molecule has 0 radical (unpaired) electrons. The predicted molar refractivity (Wildman–Crippen MR) is 60.8 cm³/mol. The van der Waals surface area contributed by atoms with E-state index in [-0.39, 0.29) is 5.25 Å². The second-order valence-electron chi connectivity index (χ2n) is 4.68. The summed E-state index contributed by atoms with van der Waals surface area (Å²) in [5, 5.41) is -0.113. The minimum atomic E-state index is -3.03. The van der Waals surface area contributed by atoms with Gasteiger partial charge in [0.05, 0.1) is 5.25 Å². The Morgan fingerprint density at radius 2 is 2.13 bits per heavy atom. The zero-order valence-corrected chi connectivity index (χ0v) is 10.0. The molecule has 2 aliphatic carbocycles. The molecule has 0 aromatic carbocycles. The SMILES string of the molecule is CC[C@H]1CC/C(=C/NS(=O)(=O)C2CC2)C1. The Hall–Kier alpha value is -0.510. The van der Waals surface area contributed by atoms with Crippen molar-refractivity contribution in [2.75, 3.05) is 0 Å². The first-order chi connectivity index (χ1) is 7.12. The van der Waals surface area contributed by atoms with Crippen LogP contribution in [0.4, 0.5) is 0 Å². The van der Waals surface area contributed by atoms with Crippen LogP contribution in [0, 0.1) is 5.92 Å². The van der Waals surface area contributed by atoms with E-state index >= 15 is 0 Å². The van der Waals surface area contributed by atoms with Gasteiger partial charge in [-0.2, -0.15) is 0 Å². The maximum absolute atomic E-state index is 11.5. The highest BCUT2D eigenvalue weighted by molar-refractivity contribution is 7.90. The average Bonchev–Trinajstić information content (AvgIpc) is 2.96. The third-order valence-corrected chi connectivity index (χ3v) is 5.19. The Balaban J connectivity index is 1.89. The number of hydrogen-bond donors (Lipinski definition) is 1. The molecule has 0 amide bonds. The summed E-state index contributed by atoms with van der Waals surface area (Å²) in [5.41, 5.74) is 1.27. The molecule has 1 N–H and O–H groups in total. The van der Waals surface area contributed by atoms with Gasteiger partial charge in [-0.1, -0.05) is 18.9 Å². The lowest BCUT2D eigenvalue weighted by Gasteiger charge is -2.04. The molecule has 4 heteroatoms. The van der Waals surface area contributed by atoms with Crippen LogP contribution < -0.4 is 4.72 Å². The summed E-state index contributed by atoms with van der Waals surface area (Å²) < 4.78 is 25.7. The predicted octanol–water partition coefficient (Wildman–Crippen LogP) is 2.16. The van der Waals surface area contributed by atoms with Gasteiger partial charge >= 0.3 is 0 Å². The van der Waals surface area contributed by atoms with Crippen LogP contribution in [0.25, 0.3) is 0 Å². The summed E-state index contributed by atoms with van der Waals surface area (Å²) in [6, 6.07) is 0. The summed E-state index contributed by atoms with van der Waals surface area (Å²) in [7, 11) is -3.03. The van der Waals surface area contributed by atoms with Crippen LogP contribution in [0.15, 0.2) is 11.8 Å². The molecule has 0 unspecified atom stereocenters. The van der Waals surface area contributed by atoms with E-state index in [0.717, 1.165) is 31.6 Å². The Morgan fingerprint density at radius 3 is 2.67 bits per heavy atom. The molecule has 0 aromatic heterocycles. The smallest absolute Gasteiger partial charge is 0.235 e. The molecule has 15 heavy (non-hydrogen) atoms. The number of sulfonamides is 1. The summed E-state index contributed by atoms with van der Waals surface area (Å²) in [6.07, 6.45) is 7.95. The molecule has 2 saturated carbocycles. The minimum absolute atomic E-state index is 0.113. The summed E-state index contributed by atoms with van der Waals surface area (Å²) >= 11 is 0. The fourth-order valence-corrected chi connectivity index (χ4v) is 3.36. The molecular formula is C11H19NO2S. The molecule has 0 aliphatic heterocycles. The third-order valence-electron chi connectivity index (χ3n) is 3.39. The van der Waals surface area contributed by atoms with Crippen molar-refractivity contribution in [1.29, 1.82) is 0 Å². The van der Waals surface area contributed by atoms with Crippen LogP contribution in [0.3, 0.4) is 0 Å². The standard InChI is InChI=1S/C11H19NO2S/c1-2-9-3-4-10(7-9)8-12-15(13,14)11-5-6-11/h8-9,11-12H,2-7H2,1H3/b10-8-/t9-/m0/s1. The number of hydrogen-bond acceptors (Lipinski definition) is 2. The van der Waals surface area contributed by atoms with Crippen molar-refractivity contribution in [2.45, 2.75) is 50.7 Å². The monoisotopic (exact) mass is 229 g/mol. The molecule has 0 bridgehead atoms. The third kappa shape index (κ3) is 2.74. The highest BCUT2D eigenvalue weighted by atomic mass is 32.2. The van der Waals surface area contributed by atoms with Crippen molar-refractivity contribution in [1.82, 2.24) is 4.72 Å². The molecule has 86 valence electrons. The Morgan fingerprint density at radius 1 is 1.40 bits per heavy atom. The fourth-order valence-electron chi connectivity index (χ4n) is 2.08. The van der Waals surface area contributed by atoms with Crippen LogP contribution in [0.1, 0.15) is 45.4 Å². The molecular weight excluding hydrogens is 210 g/mol. The Bertz CT molecular complexity index is 355. The molecule has 2 aliphatic rings. The van der Waals surface area contributed by atoms with Gasteiger partial charge in [0, 0.05) is 6.20 Å². The van der Waals surface area contributed by atoms with Gasteiger partial charge in [0.2, 0.25) is 10.0 Å². The van der Waals surface area contributed by atoms with Gasteiger partial charge in [-0.15, -0.1) is 0 Å². The van der Waals surface area contributed by atoms with Crippen molar-refractivity contribution in [3.05, 3.63) is 11.8 Å². The second-order valence-corrected chi connectivity index (χ2v) is 6.67. The van der Waals surface area contributed by atoms with Gasteiger partial charge < -0.3 is 0 Å². The molecule has 2 fully saturated rings. The van der Waals surface area contributed by atoms with Crippen molar-refractivity contribution in [2.24, 2.45) is 5.92 Å². The number of allylic oxidation sites excluding steroid dienone is 1. The van der Waals surface area contributed by atoms with Crippen LogP contribution >= 0.6 is 0 Å². The molecule has 3 nitrogen and oxygen atoms in total. The van der Waals surface area contributed by atoms with Gasteiger partial charge in [-0.3, -0.25) is 4.72 Å². The van der Waals surface area contributed by atoms with Crippen LogP contribution in [0.5, 0.6) is 0 Å². The first kappa shape index (κ1) is 11.0. The zero-order valence-electron chi connectivity index (χ0n) is 9.20. The van der Waals surface area contributed by atoms with Crippen molar-refractivity contribution >= 4 is 10.0 Å². The maximum atomic E-state index is 11.5. The molecule has 1 atom stereocenters. The number of nitrogens with one attached hydrogen (secondary N) is 1. The van der Waals surface area contributed by atoms with E-state index in [1.807, 2.05) is 0 Å². The Labute approximate surface area is 92.0 Å². The lowest BCUT2D eigenvalue weighted by molar-refractivity contribution is 0.537. The molecule has 0 spiro atoms. The fraction of sp³-hybridized carbons (Fsp3) is 0.818. The van der Waals surface area contributed by atoms with Gasteiger partial charge in [0.15, 0.2) is 0 Å². The Kier molecular flexibility index (Phi) is 3.05. The normalized spacial score (nSPS) is 29.7. The van der Waals surface area contributed by atoms with Gasteiger partial charge in [-0.05, 0) is 38.0 Å². The second kappa shape index (κ2) is 4.16. The topological polar surface area (TPSA) is 46.2 Å². The van der Waals surface area contributed by atoms with Crippen LogP contribution in [-0.2, 0) is 10.0 Å². The highest BCUT2D eigenvalue weighted by Gasteiger charge is 2.35. The van der Waals surface area contributed by atoms with Crippen molar-refractivity contribution in [3.63, 3.8) is 0 Å². The van der Waals surface area contributed by atoms with Gasteiger partial charge in [0.25, 0.3) is 0 Å². The first-order valence-corrected chi connectivity index (χ1v) is 7.35. The summed E-state index contributed by atoms with van der Waals surface area (Å²) in [4.78, 5) is 0. The molecule has 2 rings (SSSR count). The largest absolute Gasteiger partial charge is 0.290 e. The van der Waals surface area contributed by atoms with E-state index in [1.54, 1.807) is 6.20 Å². The van der Waals surface area contributed by atoms with E-state index in [9.17, 15) is 8.42 Å².